The van der Waals surface area contributed by atoms with E-state index in [1.54, 1.807) is 0 Å². The maximum atomic E-state index is 15.8. The van der Waals surface area contributed by atoms with Crippen molar-refractivity contribution in [2.45, 2.75) is 57.3 Å². The maximum absolute atomic E-state index is 15.8. The topological polar surface area (TPSA) is 43.9 Å². The fourth-order valence-corrected chi connectivity index (χ4v) is 6.85. The van der Waals surface area contributed by atoms with Gasteiger partial charge in [-0.1, -0.05) is 43.7 Å². The number of hydrogen-bond donors (Lipinski definition) is 0. The van der Waals surface area contributed by atoms with Crippen LogP contribution in [0.2, 0.25) is 0 Å². The number of nitrogens with zero attached hydrogens (tertiary/aromatic N) is 3. The third-order valence-electron chi connectivity index (χ3n) is 8.85. The van der Waals surface area contributed by atoms with Crippen molar-refractivity contribution in [1.82, 2.24) is 9.80 Å². The highest BCUT2D eigenvalue weighted by molar-refractivity contribution is 6.00. The quantitative estimate of drug-likeness (QED) is 0.279. The van der Waals surface area contributed by atoms with E-state index in [1.807, 2.05) is 41.0 Å². The van der Waals surface area contributed by atoms with Crippen molar-refractivity contribution >= 4 is 17.5 Å². The van der Waals surface area contributed by atoms with Crippen LogP contribution in [0.4, 0.5) is 27.6 Å². The number of piperidine rings is 1. The van der Waals surface area contributed by atoms with Crippen LogP contribution >= 0.6 is 0 Å². The van der Waals surface area contributed by atoms with Crippen molar-refractivity contribution in [3.63, 3.8) is 0 Å². The lowest BCUT2D eigenvalue weighted by molar-refractivity contribution is -0.161. The molecule has 10 heteroatoms. The number of rotatable bonds is 7. The van der Waals surface area contributed by atoms with Crippen molar-refractivity contribution < 1.29 is 31.5 Å². The number of alkyl halides is 3. The first-order valence-electron chi connectivity index (χ1n) is 14.7. The van der Waals surface area contributed by atoms with Gasteiger partial charge in [0.15, 0.2) is 0 Å². The van der Waals surface area contributed by atoms with Crippen molar-refractivity contribution in [3.8, 4) is 11.1 Å². The molecule has 0 spiro atoms. The van der Waals surface area contributed by atoms with Crippen LogP contribution in [0.1, 0.15) is 65.6 Å². The van der Waals surface area contributed by atoms with Crippen LogP contribution in [0.15, 0.2) is 54.6 Å². The van der Waals surface area contributed by atoms with E-state index >= 15 is 4.39 Å². The Hall–Kier alpha value is -3.95. The Bertz CT molecular complexity index is 1560. The minimum atomic E-state index is -4.63. The summed E-state index contributed by atoms with van der Waals surface area (Å²) in [6.45, 7) is 1.53. The van der Waals surface area contributed by atoms with Gasteiger partial charge in [-0.2, -0.15) is 13.2 Å². The maximum Gasteiger partial charge on any atom is 0.406 e. The molecule has 1 saturated heterocycles. The summed E-state index contributed by atoms with van der Waals surface area (Å²) in [4.78, 5) is 31.5. The zero-order valence-corrected chi connectivity index (χ0v) is 23.8. The van der Waals surface area contributed by atoms with Crippen molar-refractivity contribution in [2.24, 2.45) is 0 Å². The molecule has 1 aliphatic carbocycles. The van der Waals surface area contributed by atoms with Crippen LogP contribution in [0.3, 0.4) is 0 Å². The molecule has 0 bridgehead atoms. The summed E-state index contributed by atoms with van der Waals surface area (Å²) in [7, 11) is 0. The first-order valence-corrected chi connectivity index (χ1v) is 14.7. The standard InChI is InChI=1S/C33H32F5N3O2/c1-2-3-14-40(19-33(36,37)38)32(43)29-26-17-21(34)8-9-24(26)25-10-11-27(35)30(28(25)29)39-15-12-22(13-16-39)41-18-20-6-4-5-7-23(20)31(41)42/h4-11,17,22,29H,2-3,12-16,18-19H2,1H3. The number of carbonyl (C=O) groups is 2. The van der Waals surface area contributed by atoms with Gasteiger partial charge in [-0.3, -0.25) is 9.59 Å². The van der Waals surface area contributed by atoms with Gasteiger partial charge in [0, 0.05) is 43.3 Å². The molecule has 0 radical (unpaired) electrons. The van der Waals surface area contributed by atoms with Gasteiger partial charge in [0.1, 0.15) is 18.2 Å². The molecule has 2 aliphatic heterocycles. The Balaban J connectivity index is 1.34. The van der Waals surface area contributed by atoms with Gasteiger partial charge < -0.3 is 14.7 Å². The third-order valence-corrected chi connectivity index (χ3v) is 8.85. The van der Waals surface area contributed by atoms with Crippen molar-refractivity contribution in [3.05, 3.63) is 88.5 Å². The minimum Gasteiger partial charge on any atom is -0.369 e. The van der Waals surface area contributed by atoms with E-state index in [4.69, 9.17) is 0 Å². The minimum absolute atomic E-state index is 0.0270. The molecule has 3 aromatic rings. The summed E-state index contributed by atoms with van der Waals surface area (Å²) in [6.07, 6.45) is -2.58. The van der Waals surface area contributed by atoms with Gasteiger partial charge in [0.25, 0.3) is 5.91 Å². The summed E-state index contributed by atoms with van der Waals surface area (Å²) >= 11 is 0. The predicted octanol–water partition coefficient (Wildman–Crippen LogP) is 6.89. The van der Waals surface area contributed by atoms with Gasteiger partial charge in [-0.15, -0.1) is 0 Å². The summed E-state index contributed by atoms with van der Waals surface area (Å²) < 4.78 is 71.1. The van der Waals surface area contributed by atoms with E-state index in [1.165, 1.54) is 30.3 Å². The summed E-state index contributed by atoms with van der Waals surface area (Å²) in [5, 5.41) is 0. The molecular formula is C33H32F5N3O2. The molecule has 2 heterocycles. The molecule has 5 nitrogen and oxygen atoms in total. The number of fused-ring (bicyclic) bond motifs is 4. The molecule has 0 N–H and O–H groups in total. The van der Waals surface area contributed by atoms with E-state index < -0.39 is 36.2 Å². The third kappa shape index (κ3) is 5.36. The second-order valence-corrected chi connectivity index (χ2v) is 11.6. The highest BCUT2D eigenvalue weighted by Gasteiger charge is 2.43. The highest BCUT2D eigenvalue weighted by Crippen LogP contribution is 2.51. The SMILES string of the molecule is CCCCN(CC(F)(F)F)C(=O)C1c2cc(F)ccc2-c2ccc(F)c(N3CCC(N4Cc5ccccc5C4=O)CC3)c21. The lowest BCUT2D eigenvalue weighted by Crippen LogP contribution is -2.46. The highest BCUT2D eigenvalue weighted by atomic mass is 19.4. The van der Waals surface area contributed by atoms with Gasteiger partial charge in [-0.25, -0.2) is 8.78 Å². The molecule has 0 aromatic heterocycles. The molecule has 1 atom stereocenters. The molecule has 1 unspecified atom stereocenters. The summed E-state index contributed by atoms with van der Waals surface area (Å²) in [5.41, 5.74) is 3.36. The van der Waals surface area contributed by atoms with E-state index in [9.17, 15) is 27.2 Å². The molecule has 6 rings (SSSR count). The number of unbranched alkanes of at least 4 members (excludes halogenated alkanes) is 1. The van der Waals surface area contributed by atoms with E-state index in [-0.39, 0.29) is 35.3 Å². The average molecular weight is 598 g/mol. The summed E-state index contributed by atoms with van der Waals surface area (Å²) in [6, 6.07) is 14.2. The second-order valence-electron chi connectivity index (χ2n) is 11.6. The molecule has 2 amide bonds. The number of benzene rings is 3. The summed E-state index contributed by atoms with van der Waals surface area (Å²) in [5.74, 6) is -3.35. The fraction of sp³-hybridized carbons (Fsp3) is 0.394. The van der Waals surface area contributed by atoms with Crippen LogP contribution in [-0.2, 0) is 11.3 Å². The van der Waals surface area contributed by atoms with Crippen LogP contribution in [0, 0.1) is 11.6 Å². The lowest BCUT2D eigenvalue weighted by Gasteiger charge is -2.39. The van der Waals surface area contributed by atoms with Gasteiger partial charge in [0.05, 0.1) is 11.6 Å². The fourth-order valence-electron chi connectivity index (χ4n) is 6.85. The molecular weight excluding hydrogens is 565 g/mol. The number of hydrogen-bond acceptors (Lipinski definition) is 3. The normalized spacial score (nSPS) is 18.1. The van der Waals surface area contributed by atoms with Crippen molar-refractivity contribution in [2.75, 3.05) is 31.1 Å². The van der Waals surface area contributed by atoms with Crippen LogP contribution in [0.25, 0.3) is 11.1 Å². The average Bonchev–Trinajstić information content (AvgIpc) is 3.48. The molecule has 43 heavy (non-hydrogen) atoms. The molecule has 1 fully saturated rings. The van der Waals surface area contributed by atoms with Gasteiger partial charge in [-0.05, 0) is 65.8 Å². The lowest BCUT2D eigenvalue weighted by atomic mass is 9.92. The molecule has 226 valence electrons. The van der Waals surface area contributed by atoms with Gasteiger partial charge in [0.2, 0.25) is 5.91 Å². The molecule has 0 saturated carbocycles. The van der Waals surface area contributed by atoms with Crippen molar-refractivity contribution in [1.29, 1.82) is 0 Å². The van der Waals surface area contributed by atoms with E-state index in [0.29, 0.717) is 62.0 Å². The second kappa shape index (κ2) is 11.3. The molecule has 3 aliphatic rings. The first kappa shape index (κ1) is 29.1. The smallest absolute Gasteiger partial charge is 0.369 e. The van der Waals surface area contributed by atoms with Crippen LogP contribution < -0.4 is 4.90 Å². The van der Waals surface area contributed by atoms with E-state index in [0.717, 1.165) is 10.5 Å². The molecule has 3 aromatic carbocycles. The predicted molar refractivity (Wildman–Crippen MR) is 153 cm³/mol. The number of carbonyl (C=O) groups excluding carboxylic acids is 2. The Morgan fingerprint density at radius 1 is 0.977 bits per heavy atom. The van der Waals surface area contributed by atoms with Crippen LogP contribution in [0.5, 0.6) is 0 Å². The zero-order chi connectivity index (χ0) is 30.5. The Labute approximate surface area is 246 Å². The number of anilines is 1. The Morgan fingerprint density at radius 2 is 1.70 bits per heavy atom. The Kier molecular flexibility index (Phi) is 7.64. The van der Waals surface area contributed by atoms with E-state index in [2.05, 4.69) is 0 Å². The number of amides is 2. The zero-order valence-electron chi connectivity index (χ0n) is 23.8. The Morgan fingerprint density at radius 3 is 2.40 bits per heavy atom. The monoisotopic (exact) mass is 597 g/mol. The largest absolute Gasteiger partial charge is 0.406 e. The van der Waals surface area contributed by atoms with Crippen LogP contribution in [-0.4, -0.2) is 60.0 Å². The van der Waals surface area contributed by atoms with Gasteiger partial charge >= 0.3 is 6.18 Å². The number of halogens is 5. The first-order chi connectivity index (χ1) is 20.6.